The minimum atomic E-state index is -1.11. The molecule has 0 radical (unpaired) electrons. The molecule has 8 aromatic carbocycles. The molecule has 20 aromatic rings. The number of carbonyl (C=O) groups excluding carboxylic acids is 5. The summed E-state index contributed by atoms with van der Waals surface area (Å²) in [5, 5.41) is 35.0. The number of rotatable bonds is 19. The Labute approximate surface area is 817 Å². The van der Waals surface area contributed by atoms with Gasteiger partial charge >= 0.3 is 0 Å². The number of nitrogens with zero attached hydrogens (tertiary/aromatic N) is 17. The lowest BCUT2D eigenvalue weighted by atomic mass is 10.00. The van der Waals surface area contributed by atoms with Gasteiger partial charge in [0.25, 0.3) is 45.9 Å². The van der Waals surface area contributed by atoms with E-state index in [-0.39, 0.29) is 62.7 Å². The number of aromatic nitrogens is 16. The zero-order valence-electron chi connectivity index (χ0n) is 78.1. The Morgan fingerprint density at radius 1 is 0.373 bits per heavy atom. The third kappa shape index (κ3) is 18.9. The van der Waals surface area contributed by atoms with E-state index >= 15 is 0 Å². The maximum atomic E-state index is 14.2. The van der Waals surface area contributed by atoms with Gasteiger partial charge in [-0.1, -0.05) is 126 Å². The lowest BCUT2D eigenvalue weighted by Crippen LogP contribution is -2.37. The largest absolute Gasteiger partial charge is 0.378 e. The SMILES string of the molecule is CC(=O)Cc1cccc2cc([C@H](C)NC(=O)c3c(C)nn4cccnc34)n(-c3ccccc3)c(=O)c12.Cc1nn2cccnc2c1C(=O)N[C@@H](C)c1cc2ccc(Cl)cc2c(=O)n1-c1ccccc1.Cc1nn2cccnc2c1C(=O)N[C@@H](C)c1cc2cccc(Cl)c2c(=O)n1-c1ccc(F)c(F)c1.Cc1nn2cccnc2c1C(=O)N[C@@H](C)c1cc2cccc(N3CCOCC3)c2c(=O)n1-c1ccccc1. The van der Waals surface area contributed by atoms with Crippen LogP contribution in [0.25, 0.3) is 88.4 Å². The highest BCUT2D eigenvalue weighted by Gasteiger charge is 2.31. The van der Waals surface area contributed by atoms with Gasteiger partial charge in [0, 0.05) is 125 Å². The molecule has 0 saturated carbocycles. The van der Waals surface area contributed by atoms with E-state index < -0.39 is 47.3 Å². The van der Waals surface area contributed by atoms with Gasteiger partial charge in [-0.05, 0) is 211 Å². The van der Waals surface area contributed by atoms with Crippen LogP contribution in [0, 0.1) is 39.3 Å². The van der Waals surface area contributed by atoms with Crippen molar-refractivity contribution >= 4 is 124 Å². The van der Waals surface area contributed by atoms with Crippen LogP contribution in [0.3, 0.4) is 0 Å². The average Bonchev–Trinajstić information content (AvgIpc) is 1.16. The first kappa shape index (κ1) is 95.2. The average molecular weight is 1940 g/mol. The number of anilines is 1. The fourth-order valence-electron chi connectivity index (χ4n) is 18.1. The van der Waals surface area contributed by atoms with Crippen molar-refractivity contribution in [2.75, 3.05) is 31.2 Å². The van der Waals surface area contributed by atoms with E-state index in [0.29, 0.717) is 147 Å². The second-order valence-corrected chi connectivity index (χ2v) is 35.0. The number of morpholine rings is 1. The number of Topliss-reactive ketones (excluding diaryl/α,β-unsaturated/α-hetero) is 1. The zero-order chi connectivity index (χ0) is 99.6. The number of ketones is 1. The lowest BCUT2D eigenvalue weighted by molar-refractivity contribution is -0.116. The fourth-order valence-corrected chi connectivity index (χ4v) is 18.5. The predicted octanol–water partition coefficient (Wildman–Crippen LogP) is 16.9. The number of ether oxygens (including phenoxy) is 1. The molecule has 1 aliphatic rings. The van der Waals surface area contributed by atoms with Crippen molar-refractivity contribution < 1.29 is 37.5 Å². The number of hydrogen-bond donors (Lipinski definition) is 4. The molecule has 4 amide bonds. The molecule has 0 aliphatic carbocycles. The molecule has 712 valence electrons. The first-order valence-electron chi connectivity index (χ1n) is 45.5. The summed E-state index contributed by atoms with van der Waals surface area (Å²) in [5.41, 5.74) is 10.6. The Bertz CT molecular complexity index is 8660. The summed E-state index contributed by atoms with van der Waals surface area (Å²) in [4.78, 5) is 140. The van der Waals surface area contributed by atoms with E-state index in [1.807, 2.05) is 172 Å². The van der Waals surface area contributed by atoms with Gasteiger partial charge < -0.3 is 30.9 Å². The van der Waals surface area contributed by atoms with Crippen molar-refractivity contribution in [3.8, 4) is 22.7 Å². The lowest BCUT2D eigenvalue weighted by Gasteiger charge is -2.30. The maximum Gasteiger partial charge on any atom is 0.265 e. The van der Waals surface area contributed by atoms with Gasteiger partial charge in [-0.25, -0.2) is 46.8 Å². The quantitative estimate of drug-likeness (QED) is 0.0584. The maximum absolute atomic E-state index is 14.2. The summed E-state index contributed by atoms with van der Waals surface area (Å²) in [6.45, 7) is 18.5. The highest BCUT2D eigenvalue weighted by Crippen LogP contribution is 2.34. The van der Waals surface area contributed by atoms with Crippen molar-refractivity contribution in [2.24, 2.45) is 0 Å². The van der Waals surface area contributed by atoms with E-state index in [0.717, 1.165) is 52.8 Å². The number of amides is 4. The van der Waals surface area contributed by atoms with Gasteiger partial charge in [-0.3, -0.25) is 61.4 Å². The highest BCUT2D eigenvalue weighted by atomic mass is 35.5. The predicted molar refractivity (Wildman–Crippen MR) is 540 cm³/mol. The number of para-hydroxylation sites is 3. The molecular formula is C107H91Cl2F2N21O10. The molecule has 12 aromatic heterocycles. The van der Waals surface area contributed by atoms with E-state index in [1.54, 1.807) is 172 Å². The minimum Gasteiger partial charge on any atom is -0.378 e. The Hall–Kier alpha value is -17.2. The standard InChI is InChI=1S/C29H28N6O3.C28H25N5O3.C25H18ClF2N5O2.C25H20ClN5O2/c1-19(31-28(36)25-20(2)32-34-13-7-12-30-27(25)34)24-18-21-8-6-11-23(33-14-16-38-17-15-33)26(21)29(37)35(24)22-9-4-3-5-10-22;1-17(34)15-20-9-7-10-21-16-23(33(28(36)25(20)21)22-11-5-4-6-12-22)18(2)30-27(35)24-19(3)31-32-14-8-13-29-26(24)32;1-13(30-24(34)21-14(2)31-32-10-4-9-29-23(21)32)20-11-15-5-3-6-17(26)22(15)25(35)33(20)16-7-8-18(27)19(28)12-16;1-15(28-24(32)22-16(2)29-30-12-6-11-27-23(22)30)21-13-17-9-10-18(26)14-20(17)25(33)31(21)19-7-4-3-5-8-19/h3-13,18-19H,14-17H2,1-2H3,(H,31,36);4-14,16,18H,15H2,1-3H3,(H,30,35);3-13H,1-2H3,(H,30,34);3-15H,1-2H3,(H,28,32)/t19-;18-;13-;15-/m0000/s1. The molecule has 0 unspecified atom stereocenters. The first-order chi connectivity index (χ1) is 68.6. The molecule has 1 saturated heterocycles. The molecule has 0 spiro atoms. The number of pyridine rings is 4. The Morgan fingerprint density at radius 2 is 0.732 bits per heavy atom. The molecule has 31 nitrogen and oxygen atoms in total. The van der Waals surface area contributed by atoms with Gasteiger partial charge in [-0.2, -0.15) is 20.4 Å². The summed E-state index contributed by atoms with van der Waals surface area (Å²) in [6.07, 6.45) is 13.5. The van der Waals surface area contributed by atoms with E-state index in [2.05, 4.69) is 66.5 Å². The van der Waals surface area contributed by atoms with Crippen molar-refractivity contribution in [3.05, 3.63) is 417 Å². The minimum absolute atomic E-state index is 0.0183. The van der Waals surface area contributed by atoms with Gasteiger partial charge in [0.2, 0.25) is 0 Å². The number of halogens is 4. The van der Waals surface area contributed by atoms with Crippen LogP contribution in [0.5, 0.6) is 0 Å². The van der Waals surface area contributed by atoms with Crippen LogP contribution in [0.2, 0.25) is 10.0 Å². The Kier molecular flexibility index (Phi) is 27.1. The van der Waals surface area contributed by atoms with Gasteiger partial charge in [0.15, 0.2) is 34.2 Å². The summed E-state index contributed by atoms with van der Waals surface area (Å²) < 4.78 is 45.7. The van der Waals surface area contributed by atoms with Crippen LogP contribution >= 0.6 is 23.2 Å². The monoisotopic (exact) mass is 1940 g/mol. The smallest absolute Gasteiger partial charge is 0.265 e. The van der Waals surface area contributed by atoms with Crippen LogP contribution in [0.15, 0.2) is 299 Å². The Balaban J connectivity index is 0.000000125. The van der Waals surface area contributed by atoms with Gasteiger partial charge in [-0.15, -0.1) is 0 Å². The zero-order valence-corrected chi connectivity index (χ0v) is 79.6. The highest BCUT2D eigenvalue weighted by molar-refractivity contribution is 6.35. The van der Waals surface area contributed by atoms with Crippen molar-refractivity contribution in [1.82, 2.24) is 97.9 Å². The first-order valence-corrected chi connectivity index (χ1v) is 46.3. The molecule has 13 heterocycles. The van der Waals surface area contributed by atoms with Crippen LogP contribution in [0.4, 0.5) is 14.5 Å². The summed E-state index contributed by atoms with van der Waals surface area (Å²) in [5.74, 6) is -3.54. The van der Waals surface area contributed by atoms with Crippen LogP contribution in [-0.4, -0.2) is 132 Å². The van der Waals surface area contributed by atoms with E-state index in [4.69, 9.17) is 27.9 Å². The van der Waals surface area contributed by atoms with Crippen molar-refractivity contribution in [3.63, 3.8) is 0 Å². The van der Waals surface area contributed by atoms with Gasteiger partial charge in [0.1, 0.15) is 28.0 Å². The van der Waals surface area contributed by atoms with E-state index in [9.17, 15) is 51.9 Å². The molecule has 1 aliphatic heterocycles. The third-order valence-electron chi connectivity index (χ3n) is 24.6. The second-order valence-electron chi connectivity index (χ2n) is 34.2. The van der Waals surface area contributed by atoms with Crippen molar-refractivity contribution in [2.45, 2.75) is 92.9 Å². The van der Waals surface area contributed by atoms with Gasteiger partial charge in [0.05, 0.1) is 92.7 Å². The fraction of sp³-hybridized carbons (Fsp3) is 0.168. The molecule has 21 rings (SSSR count). The summed E-state index contributed by atoms with van der Waals surface area (Å²) in [6, 6.07) is 65.2. The number of fused-ring (bicyclic) bond motifs is 8. The number of hydrogen-bond acceptors (Lipinski definition) is 19. The molecule has 1 fully saturated rings. The number of nitrogens with one attached hydrogen (secondary N) is 4. The second kappa shape index (κ2) is 40.5. The molecule has 4 N–H and O–H groups in total. The van der Waals surface area contributed by atoms with E-state index in [1.165, 1.54) is 22.1 Å². The van der Waals surface area contributed by atoms with Crippen molar-refractivity contribution in [1.29, 1.82) is 0 Å². The molecule has 35 heteroatoms. The molecule has 142 heavy (non-hydrogen) atoms. The van der Waals surface area contributed by atoms with Crippen LogP contribution in [0.1, 0.15) is 151 Å². The number of benzene rings is 8. The van der Waals surface area contributed by atoms with Crippen LogP contribution < -0.4 is 48.4 Å². The topological polar surface area (TPSA) is 355 Å². The Morgan fingerprint density at radius 3 is 1.14 bits per heavy atom. The molecule has 4 atom stereocenters. The molecular weight excluding hydrogens is 1850 g/mol. The molecule has 0 bridgehead atoms. The summed E-state index contributed by atoms with van der Waals surface area (Å²) >= 11 is 12.5. The van der Waals surface area contributed by atoms with Crippen LogP contribution in [-0.2, 0) is 16.0 Å². The number of aryl methyl sites for hydroxylation is 4. The normalized spacial score (nSPS) is 12.8. The number of carbonyl (C=O) groups is 5. The third-order valence-corrected chi connectivity index (χ3v) is 25.1. The summed E-state index contributed by atoms with van der Waals surface area (Å²) in [7, 11) is 0.